The lowest BCUT2D eigenvalue weighted by molar-refractivity contribution is 0.0787. The van der Waals surface area contributed by atoms with Gasteiger partial charge in [0.1, 0.15) is 5.82 Å². The molecule has 0 saturated carbocycles. The van der Waals surface area contributed by atoms with Gasteiger partial charge >= 0.3 is 0 Å². The van der Waals surface area contributed by atoms with Gasteiger partial charge in [0.25, 0.3) is 5.91 Å². The molecular weight excluding hydrogens is 379 g/mol. The van der Waals surface area contributed by atoms with Gasteiger partial charge in [-0.1, -0.05) is 12.5 Å². The summed E-state index contributed by atoms with van der Waals surface area (Å²) < 4.78 is 40.0. The molecule has 29 heavy (non-hydrogen) atoms. The highest BCUT2D eigenvalue weighted by Crippen LogP contribution is 2.19. The van der Waals surface area contributed by atoms with Gasteiger partial charge in [0.15, 0.2) is 11.6 Å². The molecule has 7 heteroatoms. The lowest BCUT2D eigenvalue weighted by Crippen LogP contribution is -2.28. The van der Waals surface area contributed by atoms with E-state index in [4.69, 9.17) is 0 Å². The van der Waals surface area contributed by atoms with Crippen LogP contribution in [0, 0.1) is 17.5 Å². The first-order valence-corrected chi connectivity index (χ1v) is 9.45. The van der Waals surface area contributed by atoms with Crippen LogP contribution < -0.4 is 0 Å². The van der Waals surface area contributed by atoms with Gasteiger partial charge in [0.2, 0.25) is 0 Å². The molecular formula is C22H22F3N3O. The number of nitrogens with zero attached hydrogens (tertiary/aromatic N) is 2. The van der Waals surface area contributed by atoms with Crippen molar-refractivity contribution >= 4 is 5.91 Å². The van der Waals surface area contributed by atoms with Crippen molar-refractivity contribution in [3.63, 3.8) is 0 Å². The molecule has 152 valence electrons. The smallest absolute Gasteiger partial charge is 0.256 e. The Kier molecular flexibility index (Phi) is 6.69. The highest BCUT2D eigenvalue weighted by Gasteiger charge is 2.18. The van der Waals surface area contributed by atoms with E-state index in [2.05, 4.69) is 10.2 Å². The van der Waals surface area contributed by atoms with Crippen molar-refractivity contribution in [3.05, 3.63) is 77.2 Å². The molecule has 0 unspecified atom stereocenters. The Morgan fingerprint density at radius 2 is 1.79 bits per heavy atom. The number of aromatic nitrogens is 2. The molecule has 0 aliphatic carbocycles. The summed E-state index contributed by atoms with van der Waals surface area (Å²) in [4.78, 5) is 13.6. The fraction of sp³-hybridized carbons (Fsp3) is 0.273. The number of aryl methyl sites for hydroxylation is 1. The second kappa shape index (κ2) is 9.41. The molecule has 0 aliphatic rings. The number of carbonyl (C=O) groups excluding carboxylic acids is 1. The first kappa shape index (κ1) is 20.6. The number of amides is 1. The first-order valence-electron chi connectivity index (χ1n) is 9.45. The van der Waals surface area contributed by atoms with Crippen LogP contribution in [0.1, 0.15) is 35.3 Å². The van der Waals surface area contributed by atoms with E-state index in [1.54, 1.807) is 19.2 Å². The number of H-pyrrole nitrogens is 1. The van der Waals surface area contributed by atoms with Crippen LogP contribution in [0.15, 0.2) is 48.5 Å². The summed E-state index contributed by atoms with van der Waals surface area (Å²) in [5, 5.41) is 7.23. The molecule has 1 aromatic heterocycles. The molecule has 1 heterocycles. The van der Waals surface area contributed by atoms with E-state index >= 15 is 0 Å². The maximum absolute atomic E-state index is 13.7. The lowest BCUT2D eigenvalue weighted by Gasteiger charge is -2.17. The van der Waals surface area contributed by atoms with E-state index < -0.39 is 17.5 Å². The average molecular weight is 401 g/mol. The second-order valence-corrected chi connectivity index (χ2v) is 6.92. The molecule has 0 aliphatic heterocycles. The Balaban J connectivity index is 1.42. The molecule has 4 nitrogen and oxygen atoms in total. The number of hydrogen-bond donors (Lipinski definition) is 1. The highest BCUT2D eigenvalue weighted by atomic mass is 19.2. The summed E-state index contributed by atoms with van der Waals surface area (Å²) in [6.07, 6.45) is 3.30. The van der Waals surface area contributed by atoms with Crippen LogP contribution in [0.4, 0.5) is 13.2 Å². The summed E-state index contributed by atoms with van der Waals surface area (Å²) in [6.45, 7) is 0.457. The van der Waals surface area contributed by atoms with Crippen molar-refractivity contribution in [1.82, 2.24) is 15.1 Å². The number of benzene rings is 2. The van der Waals surface area contributed by atoms with Crippen LogP contribution >= 0.6 is 0 Å². The topological polar surface area (TPSA) is 49.0 Å². The van der Waals surface area contributed by atoms with Gasteiger partial charge in [-0.2, -0.15) is 5.10 Å². The number of unbranched alkanes of at least 4 members (excludes halogenated alkanes) is 2. The van der Waals surface area contributed by atoms with Gasteiger partial charge in [-0.05, 0) is 61.7 Å². The largest absolute Gasteiger partial charge is 0.342 e. The Morgan fingerprint density at radius 3 is 2.55 bits per heavy atom. The molecule has 3 aromatic rings. The lowest BCUT2D eigenvalue weighted by atomic mass is 10.1. The second-order valence-electron chi connectivity index (χ2n) is 6.92. The number of aromatic amines is 1. The molecule has 0 bridgehead atoms. The molecule has 0 spiro atoms. The third-order valence-corrected chi connectivity index (χ3v) is 4.74. The zero-order valence-electron chi connectivity index (χ0n) is 16.1. The fourth-order valence-electron chi connectivity index (χ4n) is 3.08. The molecule has 2 aromatic carbocycles. The standard InChI is InChI=1S/C22H22F3N3O/c1-28(22(29)18-7-5-8-19(24)21(18)25)13-4-2-3-6-17-14-20(27-26-17)15-9-11-16(23)12-10-15/h5,7-12,14H,2-4,6,13H2,1H3,(H,26,27). The zero-order valence-corrected chi connectivity index (χ0v) is 16.1. The number of halogens is 3. The van der Waals surface area contributed by atoms with Crippen LogP contribution in [0.5, 0.6) is 0 Å². The molecule has 1 N–H and O–H groups in total. The van der Waals surface area contributed by atoms with Crippen molar-refractivity contribution in [2.45, 2.75) is 25.7 Å². The monoisotopic (exact) mass is 401 g/mol. The number of carbonyl (C=O) groups is 1. The predicted molar refractivity (Wildman–Crippen MR) is 105 cm³/mol. The van der Waals surface area contributed by atoms with E-state index in [0.29, 0.717) is 6.54 Å². The summed E-state index contributed by atoms with van der Waals surface area (Å²) in [6, 6.07) is 11.7. The van der Waals surface area contributed by atoms with Gasteiger partial charge in [-0.15, -0.1) is 0 Å². The minimum Gasteiger partial charge on any atom is -0.342 e. The first-order chi connectivity index (χ1) is 14.0. The van der Waals surface area contributed by atoms with Crippen molar-refractivity contribution in [2.75, 3.05) is 13.6 Å². The van der Waals surface area contributed by atoms with Crippen molar-refractivity contribution < 1.29 is 18.0 Å². The van der Waals surface area contributed by atoms with E-state index in [0.717, 1.165) is 48.7 Å². The van der Waals surface area contributed by atoms with Crippen LogP contribution in [0.25, 0.3) is 11.3 Å². The Hall–Kier alpha value is -3.09. The molecule has 3 rings (SSSR count). The minimum absolute atomic E-state index is 0.252. The SMILES string of the molecule is CN(CCCCCc1cc(-c2ccc(F)cc2)n[nH]1)C(=O)c1cccc(F)c1F. The maximum atomic E-state index is 13.7. The summed E-state index contributed by atoms with van der Waals surface area (Å²) >= 11 is 0. The van der Waals surface area contributed by atoms with Gasteiger partial charge in [-0.25, -0.2) is 13.2 Å². The minimum atomic E-state index is -1.11. The van der Waals surface area contributed by atoms with Gasteiger partial charge in [0.05, 0.1) is 11.3 Å². The summed E-state index contributed by atoms with van der Waals surface area (Å²) in [7, 11) is 1.58. The highest BCUT2D eigenvalue weighted by molar-refractivity contribution is 5.94. The van der Waals surface area contributed by atoms with E-state index in [1.165, 1.54) is 29.2 Å². The third-order valence-electron chi connectivity index (χ3n) is 4.74. The molecule has 0 fully saturated rings. The van der Waals surface area contributed by atoms with E-state index in [-0.39, 0.29) is 11.4 Å². The molecule has 0 radical (unpaired) electrons. The van der Waals surface area contributed by atoms with Gasteiger partial charge < -0.3 is 4.90 Å². The quantitative estimate of drug-likeness (QED) is 0.541. The summed E-state index contributed by atoms with van der Waals surface area (Å²) in [5.41, 5.74) is 2.34. The number of hydrogen-bond acceptors (Lipinski definition) is 2. The Bertz CT molecular complexity index is 970. The zero-order chi connectivity index (χ0) is 20.8. The van der Waals surface area contributed by atoms with E-state index in [1.807, 2.05) is 6.07 Å². The van der Waals surface area contributed by atoms with Crippen molar-refractivity contribution in [3.8, 4) is 11.3 Å². The fourth-order valence-corrected chi connectivity index (χ4v) is 3.08. The molecule has 0 atom stereocenters. The van der Waals surface area contributed by atoms with Gasteiger partial charge in [0, 0.05) is 24.8 Å². The van der Waals surface area contributed by atoms with E-state index in [9.17, 15) is 18.0 Å². The number of rotatable bonds is 8. The van der Waals surface area contributed by atoms with Gasteiger partial charge in [-0.3, -0.25) is 9.89 Å². The van der Waals surface area contributed by atoms with Crippen molar-refractivity contribution in [1.29, 1.82) is 0 Å². The van der Waals surface area contributed by atoms with Crippen LogP contribution in [-0.2, 0) is 6.42 Å². The van der Waals surface area contributed by atoms with Crippen LogP contribution in [0.2, 0.25) is 0 Å². The number of nitrogens with one attached hydrogen (secondary N) is 1. The average Bonchev–Trinajstić information content (AvgIpc) is 3.18. The van der Waals surface area contributed by atoms with Crippen molar-refractivity contribution in [2.24, 2.45) is 0 Å². The molecule has 0 saturated heterocycles. The third kappa shape index (κ3) is 5.25. The maximum Gasteiger partial charge on any atom is 0.256 e. The Labute approximate surface area is 167 Å². The Morgan fingerprint density at radius 1 is 1.03 bits per heavy atom. The van der Waals surface area contributed by atoms with Crippen LogP contribution in [0.3, 0.4) is 0 Å². The normalized spacial score (nSPS) is 10.9. The predicted octanol–water partition coefficient (Wildman–Crippen LogP) is 4.98. The molecule has 1 amide bonds. The van der Waals surface area contributed by atoms with Crippen LogP contribution in [-0.4, -0.2) is 34.6 Å². The summed E-state index contributed by atoms with van der Waals surface area (Å²) in [5.74, 6) is -2.95.